The second kappa shape index (κ2) is 9.89. The minimum atomic E-state index is -1.10. The molecule has 9 heteroatoms. The number of carboxylic acid groups (broad SMARTS) is 2. The average molecular weight is 438 g/mol. The summed E-state index contributed by atoms with van der Waals surface area (Å²) in [5, 5.41) is 18.8. The normalized spacial score (nSPS) is 17.7. The van der Waals surface area contributed by atoms with Gasteiger partial charge in [-0.15, -0.1) is 0 Å². The summed E-state index contributed by atoms with van der Waals surface area (Å²) < 4.78 is 5.77. The highest BCUT2D eigenvalue weighted by Crippen LogP contribution is 2.36. The van der Waals surface area contributed by atoms with E-state index in [9.17, 15) is 24.6 Å². The van der Waals surface area contributed by atoms with Crippen molar-refractivity contribution in [1.29, 1.82) is 0 Å². The third-order valence-electron chi connectivity index (χ3n) is 4.24. The van der Waals surface area contributed by atoms with E-state index in [1.54, 1.807) is 37.3 Å². The fourth-order valence-electron chi connectivity index (χ4n) is 2.82. The summed E-state index contributed by atoms with van der Waals surface area (Å²) in [7, 11) is 0. The molecule has 7 nitrogen and oxygen atoms in total. The van der Waals surface area contributed by atoms with Gasteiger partial charge in [0.1, 0.15) is 16.1 Å². The first-order valence-corrected chi connectivity index (χ1v) is 10.4. The van der Waals surface area contributed by atoms with E-state index in [1.807, 2.05) is 13.8 Å². The van der Waals surface area contributed by atoms with E-state index in [2.05, 4.69) is 0 Å². The number of thioether (sulfide) groups is 1. The van der Waals surface area contributed by atoms with Crippen molar-refractivity contribution in [3.8, 4) is 5.75 Å². The predicted molar refractivity (Wildman–Crippen MR) is 115 cm³/mol. The van der Waals surface area contributed by atoms with Gasteiger partial charge in [0.15, 0.2) is 6.10 Å². The van der Waals surface area contributed by atoms with Crippen LogP contribution in [0.4, 0.5) is 0 Å². The van der Waals surface area contributed by atoms with Gasteiger partial charge in [-0.05, 0) is 30.9 Å². The highest BCUT2D eigenvalue weighted by molar-refractivity contribution is 8.26. The van der Waals surface area contributed by atoms with Crippen LogP contribution in [0.2, 0.25) is 0 Å². The van der Waals surface area contributed by atoms with E-state index < -0.39 is 30.0 Å². The number of ether oxygens (including phenoxy) is 1. The van der Waals surface area contributed by atoms with Crippen molar-refractivity contribution in [3.05, 3.63) is 34.7 Å². The van der Waals surface area contributed by atoms with Gasteiger partial charge in [0, 0.05) is 5.56 Å². The second-order valence-electron chi connectivity index (χ2n) is 6.93. The summed E-state index contributed by atoms with van der Waals surface area (Å²) in [6.07, 6.45) is 1.10. The summed E-state index contributed by atoms with van der Waals surface area (Å²) in [6, 6.07) is 5.72. The van der Waals surface area contributed by atoms with Crippen LogP contribution in [0, 0.1) is 5.92 Å². The van der Waals surface area contributed by atoms with Crippen molar-refractivity contribution >= 4 is 52.2 Å². The number of benzene rings is 1. The van der Waals surface area contributed by atoms with Crippen LogP contribution in [0.3, 0.4) is 0 Å². The molecular formula is C20H23NO6S2. The Bertz CT molecular complexity index is 851. The zero-order chi connectivity index (χ0) is 21.7. The first-order valence-electron chi connectivity index (χ1n) is 9.14. The number of thiocarbonyl (C=S) groups is 1. The van der Waals surface area contributed by atoms with Crippen LogP contribution in [0.25, 0.3) is 6.08 Å². The summed E-state index contributed by atoms with van der Waals surface area (Å²) in [4.78, 5) is 37.3. The quantitative estimate of drug-likeness (QED) is 0.446. The lowest BCUT2D eigenvalue weighted by molar-refractivity contribution is -0.146. The van der Waals surface area contributed by atoms with Gasteiger partial charge in [-0.1, -0.05) is 63.0 Å². The lowest BCUT2D eigenvalue weighted by atomic mass is 10.0. The van der Waals surface area contributed by atoms with E-state index >= 15 is 0 Å². The SMILES string of the molecule is CCC(Oc1ccccc1/C=C1\SC(=S)N(C(CC(C)C)C(=O)O)C1=O)C(=O)O. The molecule has 1 amide bonds. The lowest BCUT2D eigenvalue weighted by Gasteiger charge is -2.24. The predicted octanol–water partition coefficient (Wildman–Crippen LogP) is 3.63. The van der Waals surface area contributed by atoms with E-state index in [1.165, 1.54) is 0 Å². The standard InChI is InChI=1S/C20H23NO6S2/c1-4-14(19(25)26)27-15-8-6-5-7-12(15)10-16-17(22)21(20(28)29-16)13(18(23)24)9-11(2)3/h5-8,10-11,13-14H,4,9H2,1-3H3,(H,23,24)(H,25,26)/b16-10-. The molecule has 0 aromatic heterocycles. The molecule has 29 heavy (non-hydrogen) atoms. The van der Waals surface area contributed by atoms with Gasteiger partial charge in [-0.2, -0.15) is 0 Å². The van der Waals surface area contributed by atoms with Gasteiger partial charge >= 0.3 is 11.9 Å². The van der Waals surface area contributed by atoms with E-state index in [0.29, 0.717) is 11.3 Å². The Morgan fingerprint density at radius 2 is 1.90 bits per heavy atom. The van der Waals surface area contributed by atoms with Gasteiger partial charge in [-0.3, -0.25) is 9.69 Å². The lowest BCUT2D eigenvalue weighted by Crippen LogP contribution is -2.44. The Kier molecular flexibility index (Phi) is 7.80. The van der Waals surface area contributed by atoms with Crippen molar-refractivity contribution in [2.45, 2.75) is 45.8 Å². The first-order chi connectivity index (χ1) is 13.6. The highest BCUT2D eigenvalue weighted by Gasteiger charge is 2.40. The molecule has 1 fully saturated rings. The van der Waals surface area contributed by atoms with E-state index in [0.717, 1.165) is 16.7 Å². The number of para-hydroxylation sites is 1. The van der Waals surface area contributed by atoms with Gasteiger partial charge in [-0.25, -0.2) is 9.59 Å². The molecule has 0 spiro atoms. The number of carbonyl (C=O) groups is 3. The van der Waals surface area contributed by atoms with Crippen LogP contribution in [0.5, 0.6) is 5.75 Å². The van der Waals surface area contributed by atoms with Crippen LogP contribution in [0.15, 0.2) is 29.2 Å². The Hall–Kier alpha value is -2.39. The van der Waals surface area contributed by atoms with E-state index in [-0.39, 0.29) is 28.0 Å². The molecule has 1 aromatic rings. The minimum absolute atomic E-state index is 0.0702. The van der Waals surface area contributed by atoms with Crippen molar-refractivity contribution in [2.75, 3.05) is 0 Å². The summed E-state index contributed by atoms with van der Waals surface area (Å²) in [5.74, 6) is -2.27. The van der Waals surface area contributed by atoms with Crippen molar-refractivity contribution < 1.29 is 29.3 Å². The molecule has 0 bridgehead atoms. The fraction of sp³-hybridized carbons (Fsp3) is 0.400. The van der Waals surface area contributed by atoms with Gasteiger partial charge in [0.2, 0.25) is 0 Å². The molecular weight excluding hydrogens is 414 g/mol. The molecule has 0 radical (unpaired) electrons. The molecule has 2 N–H and O–H groups in total. The number of carbonyl (C=O) groups excluding carboxylic acids is 1. The number of rotatable bonds is 9. The Morgan fingerprint density at radius 3 is 2.45 bits per heavy atom. The van der Waals surface area contributed by atoms with Crippen LogP contribution in [-0.4, -0.2) is 49.4 Å². The number of hydrogen-bond donors (Lipinski definition) is 2. The Balaban J connectivity index is 2.34. The maximum absolute atomic E-state index is 12.9. The molecule has 156 valence electrons. The largest absolute Gasteiger partial charge is 0.480 e. The summed E-state index contributed by atoms with van der Waals surface area (Å²) >= 11 is 6.29. The molecule has 2 atom stereocenters. The third-order valence-corrected chi connectivity index (χ3v) is 5.57. The zero-order valence-corrected chi connectivity index (χ0v) is 18.0. The third kappa shape index (κ3) is 5.57. The minimum Gasteiger partial charge on any atom is -0.480 e. The summed E-state index contributed by atoms with van der Waals surface area (Å²) in [5.41, 5.74) is 0.517. The van der Waals surface area contributed by atoms with E-state index in [4.69, 9.17) is 17.0 Å². The number of carboxylic acids is 2. The van der Waals surface area contributed by atoms with Crippen LogP contribution < -0.4 is 4.74 Å². The first kappa shape index (κ1) is 22.9. The summed E-state index contributed by atoms with van der Waals surface area (Å²) in [6.45, 7) is 5.46. The number of amides is 1. The van der Waals surface area contributed by atoms with Crippen LogP contribution >= 0.6 is 24.0 Å². The molecule has 1 heterocycles. The molecule has 1 aliphatic rings. The number of hydrogen-bond acceptors (Lipinski definition) is 6. The topological polar surface area (TPSA) is 104 Å². The van der Waals surface area contributed by atoms with Crippen LogP contribution in [-0.2, 0) is 14.4 Å². The van der Waals surface area contributed by atoms with Crippen molar-refractivity contribution in [1.82, 2.24) is 4.90 Å². The van der Waals surface area contributed by atoms with Crippen molar-refractivity contribution in [2.24, 2.45) is 5.92 Å². The zero-order valence-electron chi connectivity index (χ0n) is 16.3. The van der Waals surface area contributed by atoms with Gasteiger partial charge < -0.3 is 14.9 Å². The second-order valence-corrected chi connectivity index (χ2v) is 8.60. The Labute approximate surface area is 178 Å². The molecule has 1 aromatic carbocycles. The Morgan fingerprint density at radius 1 is 1.24 bits per heavy atom. The smallest absolute Gasteiger partial charge is 0.344 e. The molecule has 1 aliphatic heterocycles. The molecule has 2 unspecified atom stereocenters. The molecule has 0 aliphatic carbocycles. The maximum Gasteiger partial charge on any atom is 0.344 e. The average Bonchev–Trinajstić information content (AvgIpc) is 2.91. The number of nitrogens with zero attached hydrogens (tertiary/aromatic N) is 1. The molecule has 1 saturated heterocycles. The number of aliphatic carboxylic acids is 2. The monoisotopic (exact) mass is 437 g/mol. The molecule has 0 saturated carbocycles. The molecule has 2 rings (SSSR count). The maximum atomic E-state index is 12.9. The van der Waals surface area contributed by atoms with Gasteiger partial charge in [0.05, 0.1) is 4.91 Å². The highest BCUT2D eigenvalue weighted by atomic mass is 32.2. The van der Waals surface area contributed by atoms with Crippen LogP contribution in [0.1, 0.15) is 39.2 Å². The van der Waals surface area contributed by atoms with Gasteiger partial charge in [0.25, 0.3) is 5.91 Å². The fourth-order valence-corrected chi connectivity index (χ4v) is 4.17. The van der Waals surface area contributed by atoms with Crippen molar-refractivity contribution in [3.63, 3.8) is 0 Å².